The van der Waals surface area contributed by atoms with Crippen molar-refractivity contribution in [3.05, 3.63) is 35.4 Å². The van der Waals surface area contributed by atoms with Gasteiger partial charge in [0.1, 0.15) is 5.60 Å². The molecule has 1 N–H and O–H groups in total. The van der Waals surface area contributed by atoms with Crippen LogP contribution in [0.15, 0.2) is 24.3 Å². The van der Waals surface area contributed by atoms with Gasteiger partial charge in [-0.25, -0.2) is 0 Å². The average molecular weight is 180 g/mol. The molecule has 1 aliphatic rings. The average Bonchev–Trinajstić information content (AvgIpc) is 2.01. The highest BCUT2D eigenvalue weighted by molar-refractivity contribution is 8.00. The van der Waals surface area contributed by atoms with E-state index in [2.05, 4.69) is 13.0 Å². The van der Waals surface area contributed by atoms with Crippen molar-refractivity contribution < 1.29 is 5.11 Å². The number of hydrogen-bond acceptors (Lipinski definition) is 2. The summed E-state index contributed by atoms with van der Waals surface area (Å²) >= 11 is 1.80. The molecule has 1 aromatic carbocycles. The monoisotopic (exact) mass is 180 g/mol. The van der Waals surface area contributed by atoms with Crippen LogP contribution in [0.3, 0.4) is 0 Å². The summed E-state index contributed by atoms with van der Waals surface area (Å²) in [5, 5.41) is 10.0. The van der Waals surface area contributed by atoms with Crippen LogP contribution in [-0.4, -0.2) is 16.6 Å². The standard InChI is InChI=1S/C10H12OS/c1-8-4-2-3-5-9(8)10(11)6-12-7-10/h2-5,11H,6-7H2,1H3. The molecule has 0 unspecified atom stereocenters. The maximum Gasteiger partial charge on any atom is 0.108 e. The van der Waals surface area contributed by atoms with Crippen LogP contribution in [0.25, 0.3) is 0 Å². The lowest BCUT2D eigenvalue weighted by Crippen LogP contribution is -2.40. The molecular formula is C10H12OS. The largest absolute Gasteiger partial charge is 0.383 e. The maximum atomic E-state index is 10.0. The van der Waals surface area contributed by atoms with Crippen LogP contribution in [0.5, 0.6) is 0 Å². The number of benzene rings is 1. The van der Waals surface area contributed by atoms with Crippen molar-refractivity contribution in [3.63, 3.8) is 0 Å². The summed E-state index contributed by atoms with van der Waals surface area (Å²) < 4.78 is 0. The molecule has 0 atom stereocenters. The van der Waals surface area contributed by atoms with Gasteiger partial charge in [0, 0.05) is 11.5 Å². The van der Waals surface area contributed by atoms with Crippen molar-refractivity contribution in [2.24, 2.45) is 0 Å². The van der Waals surface area contributed by atoms with Gasteiger partial charge in [-0.05, 0) is 18.1 Å². The van der Waals surface area contributed by atoms with E-state index in [1.165, 1.54) is 5.56 Å². The van der Waals surface area contributed by atoms with Crippen LogP contribution in [0.2, 0.25) is 0 Å². The smallest absolute Gasteiger partial charge is 0.108 e. The first-order valence-electron chi connectivity index (χ1n) is 4.09. The van der Waals surface area contributed by atoms with E-state index in [-0.39, 0.29) is 0 Å². The van der Waals surface area contributed by atoms with Crippen LogP contribution in [0.1, 0.15) is 11.1 Å². The summed E-state index contributed by atoms with van der Waals surface area (Å²) in [7, 11) is 0. The highest BCUT2D eigenvalue weighted by Crippen LogP contribution is 2.39. The Hall–Kier alpha value is -0.470. The lowest BCUT2D eigenvalue weighted by molar-refractivity contribution is 0.0762. The second kappa shape index (κ2) is 2.79. The molecule has 12 heavy (non-hydrogen) atoms. The summed E-state index contributed by atoms with van der Waals surface area (Å²) in [5.74, 6) is 1.69. The van der Waals surface area contributed by atoms with Gasteiger partial charge in [-0.3, -0.25) is 0 Å². The van der Waals surface area contributed by atoms with Crippen molar-refractivity contribution >= 4 is 11.8 Å². The van der Waals surface area contributed by atoms with Crippen molar-refractivity contribution in [2.75, 3.05) is 11.5 Å². The minimum atomic E-state index is -0.532. The molecule has 2 heteroatoms. The van der Waals surface area contributed by atoms with Crippen molar-refractivity contribution in [2.45, 2.75) is 12.5 Å². The number of thioether (sulfide) groups is 1. The summed E-state index contributed by atoms with van der Waals surface area (Å²) in [4.78, 5) is 0. The van der Waals surface area contributed by atoms with Crippen LogP contribution in [0.4, 0.5) is 0 Å². The third-order valence-electron chi connectivity index (χ3n) is 2.33. The normalized spacial score (nSPS) is 20.2. The molecule has 0 aliphatic carbocycles. The van der Waals surface area contributed by atoms with E-state index < -0.39 is 5.60 Å². The van der Waals surface area contributed by atoms with Crippen LogP contribution >= 0.6 is 11.8 Å². The van der Waals surface area contributed by atoms with Crippen molar-refractivity contribution in [1.29, 1.82) is 0 Å². The Bertz CT molecular complexity index is 292. The fourth-order valence-electron chi connectivity index (χ4n) is 1.55. The van der Waals surface area contributed by atoms with Gasteiger partial charge in [0.2, 0.25) is 0 Å². The van der Waals surface area contributed by atoms with Gasteiger partial charge >= 0.3 is 0 Å². The molecule has 0 radical (unpaired) electrons. The quantitative estimate of drug-likeness (QED) is 0.712. The number of aliphatic hydroxyl groups is 1. The first-order chi connectivity index (χ1) is 5.72. The Morgan fingerprint density at radius 1 is 1.33 bits per heavy atom. The Morgan fingerprint density at radius 2 is 2.00 bits per heavy atom. The zero-order valence-electron chi connectivity index (χ0n) is 7.08. The predicted molar refractivity (Wildman–Crippen MR) is 52.4 cm³/mol. The van der Waals surface area contributed by atoms with Crippen LogP contribution < -0.4 is 0 Å². The highest BCUT2D eigenvalue weighted by atomic mass is 32.2. The Kier molecular flexibility index (Phi) is 1.89. The first-order valence-corrected chi connectivity index (χ1v) is 5.24. The van der Waals surface area contributed by atoms with E-state index in [0.29, 0.717) is 0 Å². The second-order valence-electron chi connectivity index (χ2n) is 3.34. The molecule has 1 saturated heterocycles. The van der Waals surface area contributed by atoms with Gasteiger partial charge in [-0.15, -0.1) is 0 Å². The number of rotatable bonds is 1. The fraction of sp³-hybridized carbons (Fsp3) is 0.400. The fourth-order valence-corrected chi connectivity index (χ4v) is 2.45. The van der Waals surface area contributed by atoms with Gasteiger partial charge in [-0.1, -0.05) is 24.3 Å². The van der Waals surface area contributed by atoms with E-state index in [4.69, 9.17) is 0 Å². The molecule has 0 amide bonds. The molecular weight excluding hydrogens is 168 g/mol. The first kappa shape index (κ1) is 8.14. The van der Waals surface area contributed by atoms with Gasteiger partial charge in [0.15, 0.2) is 0 Å². The van der Waals surface area contributed by atoms with Gasteiger partial charge in [-0.2, -0.15) is 11.8 Å². The molecule has 0 saturated carbocycles. The van der Waals surface area contributed by atoms with Gasteiger partial charge in [0.25, 0.3) is 0 Å². The summed E-state index contributed by atoms with van der Waals surface area (Å²) in [6, 6.07) is 8.07. The van der Waals surface area contributed by atoms with E-state index >= 15 is 0 Å². The summed E-state index contributed by atoms with van der Waals surface area (Å²) in [6.07, 6.45) is 0. The SMILES string of the molecule is Cc1ccccc1C1(O)CSC1. The van der Waals surface area contributed by atoms with E-state index in [0.717, 1.165) is 17.1 Å². The Labute approximate surface area is 76.8 Å². The molecule has 1 aromatic rings. The van der Waals surface area contributed by atoms with Crippen molar-refractivity contribution in [1.82, 2.24) is 0 Å². The van der Waals surface area contributed by atoms with Gasteiger partial charge in [0.05, 0.1) is 0 Å². The molecule has 2 rings (SSSR count). The van der Waals surface area contributed by atoms with Crippen LogP contribution in [-0.2, 0) is 5.60 Å². The summed E-state index contributed by atoms with van der Waals surface area (Å²) in [5.41, 5.74) is 1.76. The molecule has 0 bridgehead atoms. The van der Waals surface area contributed by atoms with Gasteiger partial charge < -0.3 is 5.11 Å². The third kappa shape index (κ3) is 1.15. The topological polar surface area (TPSA) is 20.2 Å². The predicted octanol–water partition coefficient (Wildman–Crippen LogP) is 1.93. The number of hydrogen-bond donors (Lipinski definition) is 1. The second-order valence-corrected chi connectivity index (χ2v) is 4.32. The molecule has 1 fully saturated rings. The minimum Gasteiger partial charge on any atom is -0.383 e. The Morgan fingerprint density at radius 3 is 2.50 bits per heavy atom. The van der Waals surface area contributed by atoms with E-state index in [9.17, 15) is 5.11 Å². The number of aryl methyl sites for hydroxylation is 1. The Balaban J connectivity index is 2.39. The maximum absolute atomic E-state index is 10.0. The van der Waals surface area contributed by atoms with Crippen molar-refractivity contribution in [3.8, 4) is 0 Å². The zero-order chi connectivity index (χ0) is 8.60. The summed E-state index contributed by atoms with van der Waals surface area (Å²) in [6.45, 7) is 2.05. The minimum absolute atomic E-state index is 0.532. The molecule has 1 heterocycles. The molecule has 64 valence electrons. The zero-order valence-corrected chi connectivity index (χ0v) is 7.90. The lowest BCUT2D eigenvalue weighted by Gasteiger charge is -2.37. The lowest BCUT2D eigenvalue weighted by atomic mass is 9.93. The van der Waals surface area contributed by atoms with Crippen LogP contribution in [0, 0.1) is 6.92 Å². The third-order valence-corrected chi connectivity index (χ3v) is 3.69. The molecule has 0 aromatic heterocycles. The molecule has 0 spiro atoms. The van der Waals surface area contributed by atoms with E-state index in [1.54, 1.807) is 11.8 Å². The molecule has 1 nitrogen and oxygen atoms in total. The van der Waals surface area contributed by atoms with E-state index in [1.807, 2.05) is 18.2 Å². The highest BCUT2D eigenvalue weighted by Gasteiger charge is 2.37. The molecule has 1 aliphatic heterocycles.